The summed E-state index contributed by atoms with van der Waals surface area (Å²) in [4.78, 5) is 34.6. The second-order valence-corrected chi connectivity index (χ2v) is 7.93. The molecular weight excluding hydrogens is 406 g/mol. The van der Waals surface area contributed by atoms with Gasteiger partial charge in [0.2, 0.25) is 6.29 Å². The van der Waals surface area contributed by atoms with E-state index >= 15 is 0 Å². The topological polar surface area (TPSA) is 123 Å². The molecule has 1 saturated heterocycles. The molecule has 1 aliphatic heterocycles. The van der Waals surface area contributed by atoms with Gasteiger partial charge >= 0.3 is 17.9 Å². The molecule has 9 heteroatoms. The van der Waals surface area contributed by atoms with Crippen molar-refractivity contribution in [2.24, 2.45) is 11.7 Å². The second-order valence-electron chi connectivity index (χ2n) is 7.93. The van der Waals surface area contributed by atoms with Crippen molar-refractivity contribution in [3.8, 4) is 5.75 Å². The Bertz CT molecular complexity index is 763. The summed E-state index contributed by atoms with van der Waals surface area (Å²) in [5, 5.41) is 0. The zero-order valence-corrected chi connectivity index (χ0v) is 18.5. The van der Waals surface area contributed by atoms with E-state index in [1.54, 1.807) is 12.1 Å². The van der Waals surface area contributed by atoms with Crippen LogP contribution >= 0.6 is 0 Å². The number of hydrogen-bond donors (Lipinski definition) is 1. The smallest absolute Gasteiger partial charge is 0.303 e. The third-order valence-corrected chi connectivity index (χ3v) is 4.57. The molecule has 2 rings (SSSR count). The number of nitrogens with two attached hydrogens (primary N) is 1. The minimum absolute atomic E-state index is 0.231. The third kappa shape index (κ3) is 7.52. The molecule has 1 heterocycles. The summed E-state index contributed by atoms with van der Waals surface area (Å²) < 4.78 is 27.5. The Hall–Kier alpha value is -2.65. The van der Waals surface area contributed by atoms with Gasteiger partial charge in [-0.2, -0.15) is 0 Å². The normalized spacial score (nSPS) is 25.6. The Labute approximate surface area is 182 Å². The standard InChI is InChI=1S/C22H31NO8/c1-12(2)10-16-6-8-17(9-7-16)30-22-19(23)21(29-15(5)26)20(28-14(4)25)18(31-22)11-27-13(3)24/h6-9,12,18-22H,10-11,23H2,1-5H3/t18-,19-,20+,21-,22-/m1/s1. The molecule has 0 aliphatic carbocycles. The van der Waals surface area contributed by atoms with Crippen LogP contribution in [0.4, 0.5) is 0 Å². The minimum Gasteiger partial charge on any atom is -0.463 e. The van der Waals surface area contributed by atoms with Gasteiger partial charge in [0.25, 0.3) is 0 Å². The predicted octanol–water partition coefficient (Wildman–Crippen LogP) is 1.74. The molecule has 9 nitrogen and oxygen atoms in total. The molecule has 1 aromatic rings. The van der Waals surface area contributed by atoms with E-state index < -0.39 is 48.6 Å². The van der Waals surface area contributed by atoms with Crippen molar-refractivity contribution < 1.29 is 38.1 Å². The molecule has 31 heavy (non-hydrogen) atoms. The van der Waals surface area contributed by atoms with E-state index in [4.69, 9.17) is 29.4 Å². The lowest BCUT2D eigenvalue weighted by atomic mass is 9.97. The van der Waals surface area contributed by atoms with Crippen molar-refractivity contribution in [2.45, 2.75) is 71.7 Å². The highest BCUT2D eigenvalue weighted by Crippen LogP contribution is 2.28. The number of ether oxygens (including phenoxy) is 5. The first-order valence-corrected chi connectivity index (χ1v) is 10.2. The van der Waals surface area contributed by atoms with E-state index in [-0.39, 0.29) is 6.61 Å². The summed E-state index contributed by atoms with van der Waals surface area (Å²) in [5.41, 5.74) is 7.44. The molecule has 1 aliphatic rings. The third-order valence-electron chi connectivity index (χ3n) is 4.57. The zero-order valence-electron chi connectivity index (χ0n) is 18.5. The van der Waals surface area contributed by atoms with E-state index in [0.29, 0.717) is 11.7 Å². The number of carbonyl (C=O) groups is 3. The quantitative estimate of drug-likeness (QED) is 0.478. The van der Waals surface area contributed by atoms with Gasteiger partial charge in [-0.1, -0.05) is 26.0 Å². The Balaban J connectivity index is 2.24. The molecule has 1 aromatic carbocycles. The van der Waals surface area contributed by atoms with Crippen LogP contribution in [-0.2, 0) is 39.8 Å². The second kappa shape index (κ2) is 11.1. The van der Waals surface area contributed by atoms with Crippen LogP contribution in [0.1, 0.15) is 40.2 Å². The van der Waals surface area contributed by atoms with E-state index in [1.807, 2.05) is 12.1 Å². The zero-order chi connectivity index (χ0) is 23.1. The maximum atomic E-state index is 11.7. The average molecular weight is 437 g/mol. The molecule has 0 bridgehead atoms. The number of rotatable bonds is 8. The molecule has 5 atom stereocenters. The summed E-state index contributed by atoms with van der Waals surface area (Å²) >= 11 is 0. The monoisotopic (exact) mass is 437 g/mol. The fraction of sp³-hybridized carbons (Fsp3) is 0.591. The summed E-state index contributed by atoms with van der Waals surface area (Å²) in [6.07, 6.45) is -3.16. The minimum atomic E-state index is -1.07. The number of benzene rings is 1. The highest BCUT2D eigenvalue weighted by atomic mass is 16.7. The molecule has 0 radical (unpaired) electrons. The van der Waals surface area contributed by atoms with E-state index in [9.17, 15) is 14.4 Å². The highest BCUT2D eigenvalue weighted by Gasteiger charge is 2.50. The van der Waals surface area contributed by atoms with E-state index in [2.05, 4.69) is 13.8 Å². The number of esters is 3. The van der Waals surface area contributed by atoms with Crippen LogP contribution in [0.2, 0.25) is 0 Å². The van der Waals surface area contributed by atoms with Crippen molar-refractivity contribution in [1.82, 2.24) is 0 Å². The van der Waals surface area contributed by atoms with Crippen LogP contribution in [-0.4, -0.2) is 55.2 Å². The average Bonchev–Trinajstić information content (AvgIpc) is 2.66. The van der Waals surface area contributed by atoms with Gasteiger partial charge in [0.15, 0.2) is 12.2 Å². The van der Waals surface area contributed by atoms with Gasteiger partial charge in [-0.25, -0.2) is 0 Å². The Morgan fingerprint density at radius 1 is 0.968 bits per heavy atom. The van der Waals surface area contributed by atoms with Gasteiger partial charge in [0.1, 0.15) is 24.5 Å². The molecular formula is C22H31NO8. The first-order chi connectivity index (χ1) is 14.6. The van der Waals surface area contributed by atoms with Crippen molar-refractivity contribution in [3.05, 3.63) is 29.8 Å². The molecule has 1 fully saturated rings. The maximum absolute atomic E-state index is 11.7. The van der Waals surface area contributed by atoms with Crippen LogP contribution in [0.3, 0.4) is 0 Å². The number of carbonyl (C=O) groups excluding carboxylic acids is 3. The lowest BCUT2D eigenvalue weighted by Crippen LogP contribution is -2.65. The lowest BCUT2D eigenvalue weighted by molar-refractivity contribution is -0.253. The van der Waals surface area contributed by atoms with Gasteiger partial charge < -0.3 is 29.4 Å². The van der Waals surface area contributed by atoms with Crippen LogP contribution in [0.25, 0.3) is 0 Å². The van der Waals surface area contributed by atoms with Crippen LogP contribution in [0.5, 0.6) is 5.75 Å². The van der Waals surface area contributed by atoms with Gasteiger partial charge in [-0.05, 0) is 30.0 Å². The van der Waals surface area contributed by atoms with Crippen LogP contribution < -0.4 is 10.5 Å². The predicted molar refractivity (Wildman–Crippen MR) is 110 cm³/mol. The molecule has 0 saturated carbocycles. The molecule has 2 N–H and O–H groups in total. The lowest BCUT2D eigenvalue weighted by Gasteiger charge is -2.43. The molecule has 0 amide bonds. The van der Waals surface area contributed by atoms with Gasteiger partial charge in [-0.15, -0.1) is 0 Å². The Kier molecular flexibility index (Phi) is 8.82. The van der Waals surface area contributed by atoms with Crippen LogP contribution in [0, 0.1) is 5.92 Å². The highest BCUT2D eigenvalue weighted by molar-refractivity contribution is 5.68. The summed E-state index contributed by atoms with van der Waals surface area (Å²) in [6.45, 7) is 7.71. The van der Waals surface area contributed by atoms with Crippen molar-refractivity contribution in [2.75, 3.05) is 6.61 Å². The molecule has 0 unspecified atom stereocenters. The largest absolute Gasteiger partial charge is 0.463 e. The fourth-order valence-corrected chi connectivity index (χ4v) is 3.35. The number of hydrogen-bond acceptors (Lipinski definition) is 9. The Morgan fingerprint density at radius 2 is 1.55 bits per heavy atom. The van der Waals surface area contributed by atoms with Gasteiger partial charge in [0, 0.05) is 20.8 Å². The molecule has 0 aromatic heterocycles. The van der Waals surface area contributed by atoms with Crippen LogP contribution in [0.15, 0.2) is 24.3 Å². The van der Waals surface area contributed by atoms with Crippen molar-refractivity contribution >= 4 is 17.9 Å². The fourth-order valence-electron chi connectivity index (χ4n) is 3.35. The Morgan fingerprint density at radius 3 is 2.06 bits per heavy atom. The summed E-state index contributed by atoms with van der Waals surface area (Å²) in [7, 11) is 0. The first kappa shape index (κ1) is 24.6. The SMILES string of the molecule is CC(=O)OC[C@H]1O[C@@H](Oc2ccc(CC(C)C)cc2)[C@H](N)[C@@H](OC(C)=O)[C@H]1OC(C)=O. The molecule has 0 spiro atoms. The summed E-state index contributed by atoms with van der Waals surface area (Å²) in [6, 6.07) is 6.54. The maximum Gasteiger partial charge on any atom is 0.303 e. The van der Waals surface area contributed by atoms with Gasteiger partial charge in [0.05, 0.1) is 0 Å². The molecule has 172 valence electrons. The first-order valence-electron chi connectivity index (χ1n) is 10.2. The van der Waals surface area contributed by atoms with E-state index in [0.717, 1.165) is 12.0 Å². The van der Waals surface area contributed by atoms with Crippen molar-refractivity contribution in [1.29, 1.82) is 0 Å². The van der Waals surface area contributed by atoms with Gasteiger partial charge in [-0.3, -0.25) is 14.4 Å². The summed E-state index contributed by atoms with van der Waals surface area (Å²) in [5.74, 6) is -0.742. The van der Waals surface area contributed by atoms with Crippen molar-refractivity contribution in [3.63, 3.8) is 0 Å². The van der Waals surface area contributed by atoms with E-state index in [1.165, 1.54) is 20.8 Å².